The Kier molecular flexibility index (Phi) is 8.79. The highest BCUT2D eigenvalue weighted by Gasteiger charge is 2.48. The maximum absolute atomic E-state index is 11.4. The van der Waals surface area contributed by atoms with Gasteiger partial charge >= 0.3 is 5.97 Å². The molecule has 0 spiro atoms. The fourth-order valence-corrected chi connectivity index (χ4v) is 4.80. The van der Waals surface area contributed by atoms with Crippen LogP contribution in [0.1, 0.15) is 22.6 Å². The second-order valence-electron chi connectivity index (χ2n) is 10.3. The molecule has 2 aromatic heterocycles. The molecule has 5 atom stereocenters. The lowest BCUT2D eigenvalue weighted by atomic mass is 9.99. The number of carboxylic acid groups (broad SMARTS) is 1. The van der Waals surface area contributed by atoms with Crippen molar-refractivity contribution in [2.75, 3.05) is 0 Å². The highest BCUT2D eigenvalue weighted by Crippen LogP contribution is 2.23. The molecule has 0 saturated carbocycles. The van der Waals surface area contributed by atoms with E-state index in [9.17, 15) is 25.2 Å². The van der Waals surface area contributed by atoms with E-state index in [1.54, 1.807) is 0 Å². The molecule has 5 aromatic rings. The van der Waals surface area contributed by atoms with Crippen LogP contribution in [-0.4, -0.2) is 82.5 Å². The Morgan fingerprint density at radius 2 is 1.49 bits per heavy atom. The number of rotatable bonds is 11. The van der Waals surface area contributed by atoms with Crippen LogP contribution in [0.3, 0.4) is 0 Å². The van der Waals surface area contributed by atoms with Crippen molar-refractivity contribution in [3.8, 4) is 11.5 Å². The van der Waals surface area contributed by atoms with Gasteiger partial charge in [-0.25, -0.2) is 9.78 Å². The third-order valence-electron chi connectivity index (χ3n) is 7.25. The zero-order valence-electron chi connectivity index (χ0n) is 23.7. The van der Waals surface area contributed by atoms with Crippen LogP contribution in [0, 0.1) is 0 Å². The maximum Gasteiger partial charge on any atom is 0.335 e. The van der Waals surface area contributed by atoms with E-state index in [4.69, 9.17) is 19.0 Å². The summed E-state index contributed by atoms with van der Waals surface area (Å²) >= 11 is 0. The molecule has 0 bridgehead atoms. The van der Waals surface area contributed by atoms with Gasteiger partial charge in [-0.05, 0) is 58.0 Å². The van der Waals surface area contributed by atoms with E-state index in [0.717, 1.165) is 32.6 Å². The van der Waals surface area contributed by atoms with Gasteiger partial charge in [-0.2, -0.15) is 0 Å². The van der Waals surface area contributed by atoms with E-state index in [1.807, 2.05) is 84.9 Å². The minimum atomic E-state index is -1.85. The zero-order chi connectivity index (χ0) is 31.3. The fraction of sp³-hybridized carbons (Fsp3) is 0.258. The number of aliphatic hydroxyl groups excluding tert-OH is 3. The predicted octanol–water partition coefficient (Wildman–Crippen LogP) is 1.29. The average molecular weight is 616 g/mol. The number of carboxylic acids is 1. The number of pyridine rings is 1. The van der Waals surface area contributed by atoms with Gasteiger partial charge < -0.3 is 39.5 Å². The largest absolute Gasteiger partial charge is 0.489 e. The minimum absolute atomic E-state index is 0.179. The molecule has 14 heteroatoms. The first-order valence-corrected chi connectivity index (χ1v) is 14.0. The normalized spacial score (nSPS) is 21.4. The van der Waals surface area contributed by atoms with Gasteiger partial charge in [0, 0.05) is 11.8 Å². The number of benzene rings is 3. The van der Waals surface area contributed by atoms with Crippen molar-refractivity contribution in [1.29, 1.82) is 0 Å². The number of hydrogen-bond acceptors (Lipinski definition) is 12. The topological polar surface area (TPSA) is 191 Å². The van der Waals surface area contributed by atoms with Crippen molar-refractivity contribution in [2.45, 2.75) is 50.3 Å². The van der Waals surface area contributed by atoms with Crippen molar-refractivity contribution in [1.82, 2.24) is 25.4 Å². The zero-order valence-corrected chi connectivity index (χ0v) is 23.7. The molecule has 232 valence electrons. The molecular weight excluding hydrogens is 586 g/mol. The van der Waals surface area contributed by atoms with Crippen molar-refractivity contribution >= 4 is 16.9 Å². The number of hydrogen-bond donors (Lipinski definition) is 4. The molecule has 1 aliphatic heterocycles. The molecule has 14 nitrogen and oxygen atoms in total. The molecule has 3 aromatic carbocycles. The Bertz CT molecular complexity index is 1770. The van der Waals surface area contributed by atoms with Crippen LogP contribution >= 0.6 is 0 Å². The first kappa shape index (κ1) is 29.9. The number of fused-ring (bicyclic) bond motifs is 1. The van der Waals surface area contributed by atoms with Crippen LogP contribution < -0.4 is 14.3 Å². The average Bonchev–Trinajstić information content (AvgIpc) is 3.50. The Hall–Kier alpha value is -5.15. The number of ether oxygens (including phenoxy) is 3. The molecule has 4 N–H and O–H groups in total. The second-order valence-corrected chi connectivity index (χ2v) is 10.3. The monoisotopic (exact) mass is 615 g/mol. The number of carbonyl (C=O) groups is 1. The summed E-state index contributed by atoms with van der Waals surface area (Å²) in [5.74, 6) is -0.0267. The number of tetrazole rings is 1. The van der Waals surface area contributed by atoms with Gasteiger partial charge in [0.25, 0.3) is 6.29 Å². The summed E-state index contributed by atoms with van der Waals surface area (Å²) in [7, 11) is 0. The molecule has 3 heterocycles. The van der Waals surface area contributed by atoms with Gasteiger partial charge in [-0.1, -0.05) is 53.4 Å². The number of aromatic nitrogens is 5. The van der Waals surface area contributed by atoms with E-state index >= 15 is 0 Å². The molecule has 6 rings (SSSR count). The number of nitrogens with zero attached hydrogens (tertiary/aromatic N) is 5. The van der Waals surface area contributed by atoms with E-state index in [2.05, 4.69) is 20.5 Å². The molecule has 0 radical (unpaired) electrons. The summed E-state index contributed by atoms with van der Waals surface area (Å²) in [5.41, 5.74) is 3.39. The van der Waals surface area contributed by atoms with Crippen molar-refractivity contribution in [3.05, 3.63) is 108 Å². The minimum Gasteiger partial charge on any atom is -0.489 e. The molecule has 0 amide bonds. The van der Waals surface area contributed by atoms with E-state index in [1.165, 1.54) is 0 Å². The Labute approximate surface area is 256 Å². The highest BCUT2D eigenvalue weighted by atomic mass is 16.8. The van der Waals surface area contributed by atoms with Crippen LogP contribution in [0.5, 0.6) is 11.5 Å². The van der Waals surface area contributed by atoms with Crippen LogP contribution in [0.15, 0.2) is 84.9 Å². The molecule has 1 fully saturated rings. The third-order valence-corrected chi connectivity index (χ3v) is 7.25. The Balaban J connectivity index is 1.06. The molecule has 0 unspecified atom stereocenters. The molecule has 45 heavy (non-hydrogen) atoms. The van der Waals surface area contributed by atoms with Crippen molar-refractivity contribution in [2.24, 2.45) is 0 Å². The van der Waals surface area contributed by atoms with E-state index < -0.39 is 36.7 Å². The summed E-state index contributed by atoms with van der Waals surface area (Å²) < 4.78 is 17.1. The van der Waals surface area contributed by atoms with Crippen LogP contribution in [-0.2, 0) is 29.2 Å². The maximum atomic E-state index is 11.4. The van der Waals surface area contributed by atoms with Gasteiger partial charge in [-0.3, -0.25) is 0 Å². The predicted molar refractivity (Wildman–Crippen MR) is 155 cm³/mol. The molecule has 0 aliphatic carbocycles. The third kappa shape index (κ3) is 6.84. The molecule has 1 aliphatic rings. The standard InChI is InChI=1S/C31H29N5O9/c37-26-27(38)29(30(40)41)44-31(28(26)39)45-36-25(33-34-35-36)15-19-6-1-2-7-20(19)16-42-22-11-13-23(14-12-22)43-17-21-10-9-18-5-3-4-8-24(18)32-21/h1-14,26-29,31,37-39H,15-17H2,(H,40,41)/t26-,27-,28+,29-,31-/m0/s1. The van der Waals surface area contributed by atoms with Gasteiger partial charge in [0.15, 0.2) is 11.9 Å². The van der Waals surface area contributed by atoms with Gasteiger partial charge in [0.2, 0.25) is 0 Å². The number of aliphatic hydroxyl groups is 3. The Morgan fingerprint density at radius 3 is 2.24 bits per heavy atom. The van der Waals surface area contributed by atoms with Crippen LogP contribution in [0.25, 0.3) is 10.9 Å². The SMILES string of the molecule is O=C(O)[C@H]1O[C@@H](On2nnnc2Cc2ccccc2COc2ccc(OCc3ccc4ccccc4n3)cc2)[C@H](O)[C@@H](O)[C@@H]1O. The summed E-state index contributed by atoms with van der Waals surface area (Å²) in [5, 5.41) is 51.9. The van der Waals surface area contributed by atoms with Crippen molar-refractivity contribution < 1.29 is 44.3 Å². The lowest BCUT2D eigenvalue weighted by Gasteiger charge is -2.37. The molecule has 1 saturated heterocycles. The number of para-hydroxylation sites is 1. The second kappa shape index (κ2) is 13.2. The van der Waals surface area contributed by atoms with Gasteiger partial charge in [0.1, 0.15) is 43.0 Å². The summed E-state index contributed by atoms with van der Waals surface area (Å²) in [4.78, 5) is 22.4. The first-order valence-electron chi connectivity index (χ1n) is 14.0. The lowest BCUT2D eigenvalue weighted by Crippen LogP contribution is -2.62. The van der Waals surface area contributed by atoms with Crippen LogP contribution in [0.2, 0.25) is 0 Å². The van der Waals surface area contributed by atoms with Crippen LogP contribution in [0.4, 0.5) is 0 Å². The first-order chi connectivity index (χ1) is 21.9. The quantitative estimate of drug-likeness (QED) is 0.166. The Morgan fingerprint density at radius 1 is 0.800 bits per heavy atom. The molecular formula is C31H29N5O9. The smallest absolute Gasteiger partial charge is 0.335 e. The van der Waals surface area contributed by atoms with Crippen molar-refractivity contribution in [3.63, 3.8) is 0 Å². The van der Waals surface area contributed by atoms with Gasteiger partial charge in [0.05, 0.1) is 11.2 Å². The van der Waals surface area contributed by atoms with E-state index in [0.29, 0.717) is 18.1 Å². The van der Waals surface area contributed by atoms with E-state index in [-0.39, 0.29) is 18.9 Å². The fourth-order valence-electron chi connectivity index (χ4n) is 4.80. The lowest BCUT2D eigenvalue weighted by molar-refractivity contribution is -0.297. The summed E-state index contributed by atoms with van der Waals surface area (Å²) in [6, 6.07) is 26.6. The summed E-state index contributed by atoms with van der Waals surface area (Å²) in [6.07, 6.45) is -8.76. The summed E-state index contributed by atoms with van der Waals surface area (Å²) in [6.45, 7) is 0.560. The highest BCUT2D eigenvalue weighted by molar-refractivity contribution is 5.78. The van der Waals surface area contributed by atoms with Gasteiger partial charge in [-0.15, -0.1) is 5.10 Å². The number of aliphatic carboxylic acids is 1.